The summed E-state index contributed by atoms with van der Waals surface area (Å²) < 4.78 is 0. The first kappa shape index (κ1) is 11.2. The maximum Gasteiger partial charge on any atom is 0.305 e. The van der Waals surface area contributed by atoms with Crippen molar-refractivity contribution in [3.8, 4) is 0 Å². The molecular weight excluding hydrogens is 176 g/mol. The largest absolute Gasteiger partial charge is 0.481 e. The summed E-state index contributed by atoms with van der Waals surface area (Å²) >= 11 is 4.84. The molecule has 0 aliphatic heterocycles. The zero-order valence-corrected chi connectivity index (χ0v) is 8.07. The Balaban J connectivity index is 3.82. The molecular formula is C7H14N2O2S. The molecule has 12 heavy (non-hydrogen) atoms. The van der Waals surface area contributed by atoms with Crippen LogP contribution in [0, 0.1) is 0 Å². The Morgan fingerprint density at radius 2 is 2.25 bits per heavy atom. The number of rotatable bonds is 4. The quantitative estimate of drug-likeness (QED) is 0.558. The smallest absolute Gasteiger partial charge is 0.305 e. The third-order valence-electron chi connectivity index (χ3n) is 1.48. The first-order valence-corrected chi connectivity index (χ1v) is 4.21. The van der Waals surface area contributed by atoms with Crippen LogP contribution in [0.5, 0.6) is 0 Å². The van der Waals surface area contributed by atoms with Gasteiger partial charge in [-0.15, -0.1) is 0 Å². The molecule has 0 spiro atoms. The van der Waals surface area contributed by atoms with Gasteiger partial charge in [0.1, 0.15) is 0 Å². The molecule has 0 saturated carbocycles. The van der Waals surface area contributed by atoms with Crippen molar-refractivity contribution < 1.29 is 9.90 Å². The molecule has 0 aliphatic rings. The molecule has 0 bridgehead atoms. The van der Waals surface area contributed by atoms with Crippen LogP contribution >= 0.6 is 12.2 Å². The number of thiocarbonyl (C=S) groups is 1. The standard InChI is InChI=1S/C7H14N2O2S/c1-3-5(4-6(10)11)9-7(12)8-2/h5H,3-4H2,1-2H3,(H,10,11)(H2,8,9,12). The summed E-state index contributed by atoms with van der Waals surface area (Å²) in [6.07, 6.45) is 0.840. The topological polar surface area (TPSA) is 61.4 Å². The third-order valence-corrected chi connectivity index (χ3v) is 1.80. The van der Waals surface area contributed by atoms with Gasteiger partial charge in [-0.05, 0) is 18.6 Å². The van der Waals surface area contributed by atoms with Gasteiger partial charge in [0.15, 0.2) is 5.11 Å². The molecule has 0 fully saturated rings. The van der Waals surface area contributed by atoms with E-state index in [2.05, 4.69) is 10.6 Å². The third kappa shape index (κ3) is 4.90. The summed E-state index contributed by atoms with van der Waals surface area (Å²) in [6.45, 7) is 1.92. The lowest BCUT2D eigenvalue weighted by atomic mass is 10.1. The number of carbonyl (C=O) groups is 1. The van der Waals surface area contributed by atoms with Crippen molar-refractivity contribution in [2.24, 2.45) is 0 Å². The van der Waals surface area contributed by atoms with Crippen molar-refractivity contribution >= 4 is 23.3 Å². The Bertz CT molecular complexity index is 173. The highest BCUT2D eigenvalue weighted by atomic mass is 32.1. The van der Waals surface area contributed by atoms with Gasteiger partial charge in [0.05, 0.1) is 6.42 Å². The van der Waals surface area contributed by atoms with Gasteiger partial charge in [-0.25, -0.2) is 0 Å². The van der Waals surface area contributed by atoms with E-state index in [-0.39, 0.29) is 12.5 Å². The predicted molar refractivity (Wildman–Crippen MR) is 51.1 cm³/mol. The first-order chi connectivity index (χ1) is 5.60. The zero-order chi connectivity index (χ0) is 9.56. The minimum absolute atomic E-state index is 0.0811. The molecule has 0 heterocycles. The molecule has 0 aromatic carbocycles. The van der Waals surface area contributed by atoms with Crippen molar-refractivity contribution in [3.05, 3.63) is 0 Å². The molecule has 5 heteroatoms. The van der Waals surface area contributed by atoms with Gasteiger partial charge in [0.25, 0.3) is 0 Å². The number of hydrogen-bond acceptors (Lipinski definition) is 2. The lowest BCUT2D eigenvalue weighted by Crippen LogP contribution is -2.41. The molecule has 1 unspecified atom stereocenters. The molecule has 0 saturated heterocycles. The van der Waals surface area contributed by atoms with E-state index in [9.17, 15) is 4.79 Å². The van der Waals surface area contributed by atoms with Crippen LogP contribution in [0.1, 0.15) is 19.8 Å². The van der Waals surface area contributed by atoms with E-state index in [1.54, 1.807) is 7.05 Å². The van der Waals surface area contributed by atoms with Crippen LogP contribution in [0.25, 0.3) is 0 Å². The van der Waals surface area contributed by atoms with E-state index in [0.717, 1.165) is 6.42 Å². The highest BCUT2D eigenvalue weighted by molar-refractivity contribution is 7.80. The van der Waals surface area contributed by atoms with Crippen LogP contribution in [0.4, 0.5) is 0 Å². The molecule has 0 radical (unpaired) electrons. The molecule has 3 N–H and O–H groups in total. The SMILES string of the molecule is CCC(CC(=O)O)NC(=S)NC. The van der Waals surface area contributed by atoms with Crippen molar-refractivity contribution in [1.82, 2.24) is 10.6 Å². The fourth-order valence-electron chi connectivity index (χ4n) is 0.766. The Morgan fingerprint density at radius 1 is 1.67 bits per heavy atom. The van der Waals surface area contributed by atoms with Crippen LogP contribution in [0.2, 0.25) is 0 Å². The second-order valence-corrected chi connectivity index (χ2v) is 2.83. The van der Waals surface area contributed by atoms with Crippen molar-refractivity contribution in [2.45, 2.75) is 25.8 Å². The van der Waals surface area contributed by atoms with Gasteiger partial charge in [0.2, 0.25) is 0 Å². The molecule has 4 nitrogen and oxygen atoms in total. The minimum atomic E-state index is -0.812. The van der Waals surface area contributed by atoms with E-state index in [0.29, 0.717) is 5.11 Å². The molecule has 0 aromatic heterocycles. The Kier molecular flexibility index (Phi) is 5.36. The fourth-order valence-corrected chi connectivity index (χ4v) is 0.932. The van der Waals surface area contributed by atoms with Gasteiger partial charge in [0, 0.05) is 13.1 Å². The molecule has 70 valence electrons. The van der Waals surface area contributed by atoms with Crippen molar-refractivity contribution in [2.75, 3.05) is 7.05 Å². The van der Waals surface area contributed by atoms with E-state index in [1.807, 2.05) is 6.92 Å². The van der Waals surface area contributed by atoms with Crippen LogP contribution in [-0.2, 0) is 4.79 Å². The average molecular weight is 190 g/mol. The number of aliphatic carboxylic acids is 1. The monoisotopic (exact) mass is 190 g/mol. The highest BCUT2D eigenvalue weighted by Gasteiger charge is 2.10. The average Bonchev–Trinajstić information content (AvgIpc) is 2.02. The zero-order valence-electron chi connectivity index (χ0n) is 7.26. The normalized spacial score (nSPS) is 11.8. The van der Waals surface area contributed by atoms with Gasteiger partial charge >= 0.3 is 5.97 Å². The number of hydrogen-bond donors (Lipinski definition) is 3. The lowest BCUT2D eigenvalue weighted by molar-refractivity contribution is -0.137. The summed E-state index contributed by atoms with van der Waals surface area (Å²) in [5, 5.41) is 14.6. The van der Waals surface area contributed by atoms with Gasteiger partial charge in [-0.2, -0.15) is 0 Å². The summed E-state index contributed by atoms with van der Waals surface area (Å²) in [5.41, 5.74) is 0. The van der Waals surface area contributed by atoms with E-state index in [1.165, 1.54) is 0 Å². The van der Waals surface area contributed by atoms with Crippen LogP contribution < -0.4 is 10.6 Å². The number of carboxylic acid groups (broad SMARTS) is 1. The number of nitrogens with one attached hydrogen (secondary N) is 2. The van der Waals surface area contributed by atoms with Gasteiger partial charge in [-0.3, -0.25) is 4.79 Å². The molecule has 0 rings (SSSR count). The summed E-state index contributed by atoms with van der Waals surface area (Å²) in [5.74, 6) is -0.812. The van der Waals surface area contributed by atoms with Crippen LogP contribution in [-0.4, -0.2) is 29.3 Å². The molecule has 0 amide bonds. The van der Waals surface area contributed by atoms with Gasteiger partial charge in [-0.1, -0.05) is 6.92 Å². The van der Waals surface area contributed by atoms with Gasteiger partial charge < -0.3 is 15.7 Å². The molecule has 0 aromatic rings. The number of carboxylic acids is 1. The maximum absolute atomic E-state index is 10.3. The van der Waals surface area contributed by atoms with Crippen molar-refractivity contribution in [3.63, 3.8) is 0 Å². The van der Waals surface area contributed by atoms with E-state index < -0.39 is 5.97 Å². The Labute approximate surface area is 77.3 Å². The van der Waals surface area contributed by atoms with Crippen molar-refractivity contribution in [1.29, 1.82) is 0 Å². The van der Waals surface area contributed by atoms with E-state index >= 15 is 0 Å². The summed E-state index contributed by atoms with van der Waals surface area (Å²) in [7, 11) is 1.70. The lowest BCUT2D eigenvalue weighted by Gasteiger charge is -2.15. The first-order valence-electron chi connectivity index (χ1n) is 3.80. The molecule has 1 atom stereocenters. The summed E-state index contributed by atoms with van der Waals surface area (Å²) in [6, 6.07) is -0.0811. The second kappa shape index (κ2) is 5.77. The Morgan fingerprint density at radius 3 is 2.58 bits per heavy atom. The molecule has 0 aliphatic carbocycles. The Hall–Kier alpha value is -0.840. The van der Waals surface area contributed by atoms with Crippen LogP contribution in [0.15, 0.2) is 0 Å². The highest BCUT2D eigenvalue weighted by Crippen LogP contribution is 1.96. The van der Waals surface area contributed by atoms with E-state index in [4.69, 9.17) is 17.3 Å². The fraction of sp³-hybridized carbons (Fsp3) is 0.714. The minimum Gasteiger partial charge on any atom is -0.481 e. The predicted octanol–water partition coefficient (Wildman–Crippen LogP) is 0.334. The maximum atomic E-state index is 10.3. The van der Waals surface area contributed by atoms with Crippen LogP contribution in [0.3, 0.4) is 0 Å². The second-order valence-electron chi connectivity index (χ2n) is 2.43. The summed E-state index contributed by atoms with van der Waals surface area (Å²) in [4.78, 5) is 10.3.